The summed E-state index contributed by atoms with van der Waals surface area (Å²) in [6.07, 6.45) is 5.37. The highest BCUT2D eigenvalue weighted by Gasteiger charge is 2.19. The molecule has 4 N–H and O–H groups in total. The van der Waals surface area contributed by atoms with Crippen LogP contribution >= 0.6 is 0 Å². The van der Waals surface area contributed by atoms with Crippen molar-refractivity contribution in [3.63, 3.8) is 0 Å². The van der Waals surface area contributed by atoms with Gasteiger partial charge in [0.15, 0.2) is 0 Å². The van der Waals surface area contributed by atoms with Crippen LogP contribution in [0.4, 0.5) is 0 Å². The highest BCUT2D eigenvalue weighted by atomic mass is 16.2. The molecule has 0 spiro atoms. The predicted molar refractivity (Wildman–Crippen MR) is 75.5 cm³/mol. The Labute approximate surface area is 115 Å². The van der Waals surface area contributed by atoms with Crippen molar-refractivity contribution in [1.29, 1.82) is 0 Å². The quantitative estimate of drug-likeness (QED) is 0.674. The zero-order chi connectivity index (χ0) is 14.3. The normalized spacial score (nSPS) is 23.2. The van der Waals surface area contributed by atoms with Gasteiger partial charge in [0, 0.05) is 31.0 Å². The van der Waals surface area contributed by atoms with Crippen LogP contribution in [0.15, 0.2) is 0 Å². The molecule has 0 atom stereocenters. The third-order valence-electron chi connectivity index (χ3n) is 3.39. The van der Waals surface area contributed by atoms with Crippen molar-refractivity contribution in [2.24, 2.45) is 5.73 Å². The van der Waals surface area contributed by atoms with Gasteiger partial charge in [0.25, 0.3) is 0 Å². The van der Waals surface area contributed by atoms with E-state index in [1.165, 1.54) is 0 Å². The summed E-state index contributed by atoms with van der Waals surface area (Å²) in [5, 5.41) is 5.85. The van der Waals surface area contributed by atoms with Crippen LogP contribution in [0.2, 0.25) is 0 Å². The lowest BCUT2D eigenvalue weighted by atomic mass is 9.92. The summed E-state index contributed by atoms with van der Waals surface area (Å²) in [4.78, 5) is 23.1. The molecule has 1 saturated carbocycles. The second kappa shape index (κ2) is 8.15. The Bertz CT molecular complexity index is 297. The summed E-state index contributed by atoms with van der Waals surface area (Å²) in [6.45, 7) is 3.86. The molecule has 1 fully saturated rings. The smallest absolute Gasteiger partial charge is 0.220 e. The first-order valence-corrected chi connectivity index (χ1v) is 7.31. The lowest BCUT2D eigenvalue weighted by Crippen LogP contribution is -2.40. The fourth-order valence-corrected chi connectivity index (χ4v) is 2.37. The van der Waals surface area contributed by atoms with E-state index in [0.29, 0.717) is 25.3 Å². The van der Waals surface area contributed by atoms with Crippen molar-refractivity contribution in [3.8, 4) is 0 Å². The van der Waals surface area contributed by atoms with Crippen LogP contribution in [0, 0.1) is 0 Å². The molecule has 0 heterocycles. The first-order chi connectivity index (χ1) is 8.97. The van der Waals surface area contributed by atoms with E-state index >= 15 is 0 Å². The summed E-state index contributed by atoms with van der Waals surface area (Å²) in [7, 11) is 0. The number of carbonyl (C=O) groups is 2. The number of rotatable bonds is 6. The molecule has 0 aromatic heterocycles. The van der Waals surface area contributed by atoms with E-state index in [2.05, 4.69) is 10.6 Å². The first-order valence-electron chi connectivity index (χ1n) is 7.31. The number of hydrogen-bond acceptors (Lipinski definition) is 3. The number of hydrogen-bond donors (Lipinski definition) is 3. The van der Waals surface area contributed by atoms with E-state index in [9.17, 15) is 9.59 Å². The minimum absolute atomic E-state index is 0.0199. The second-order valence-corrected chi connectivity index (χ2v) is 5.75. The van der Waals surface area contributed by atoms with Crippen molar-refractivity contribution in [1.82, 2.24) is 10.6 Å². The van der Waals surface area contributed by atoms with Crippen molar-refractivity contribution >= 4 is 11.8 Å². The van der Waals surface area contributed by atoms with Gasteiger partial charge in [-0.3, -0.25) is 9.59 Å². The SMILES string of the molecule is CC(C)NC(=O)CCCC(=O)NC1CCC(N)CC1. The fraction of sp³-hybridized carbons (Fsp3) is 0.857. The van der Waals surface area contributed by atoms with Crippen LogP contribution in [0.25, 0.3) is 0 Å². The van der Waals surface area contributed by atoms with Gasteiger partial charge in [-0.1, -0.05) is 0 Å². The Balaban J connectivity index is 2.09. The maximum Gasteiger partial charge on any atom is 0.220 e. The molecule has 0 unspecified atom stereocenters. The topological polar surface area (TPSA) is 84.2 Å². The summed E-state index contributed by atoms with van der Waals surface area (Å²) >= 11 is 0. The molecule has 0 aromatic carbocycles. The van der Waals surface area contributed by atoms with Crippen LogP contribution in [0.1, 0.15) is 58.8 Å². The maximum absolute atomic E-state index is 11.7. The highest BCUT2D eigenvalue weighted by Crippen LogP contribution is 2.17. The van der Waals surface area contributed by atoms with Crippen LogP contribution < -0.4 is 16.4 Å². The van der Waals surface area contributed by atoms with Gasteiger partial charge in [0.1, 0.15) is 0 Å². The summed E-state index contributed by atoms with van der Waals surface area (Å²) in [5.41, 5.74) is 5.82. The van der Waals surface area contributed by atoms with E-state index in [1.54, 1.807) is 0 Å². The minimum Gasteiger partial charge on any atom is -0.354 e. The Morgan fingerprint density at radius 2 is 1.68 bits per heavy atom. The molecule has 0 radical (unpaired) electrons. The molecule has 0 bridgehead atoms. The minimum atomic E-state index is 0.0199. The van der Waals surface area contributed by atoms with Crippen LogP contribution in [0.5, 0.6) is 0 Å². The second-order valence-electron chi connectivity index (χ2n) is 5.75. The fourth-order valence-electron chi connectivity index (χ4n) is 2.37. The van der Waals surface area contributed by atoms with E-state index in [4.69, 9.17) is 5.73 Å². The molecule has 5 heteroatoms. The zero-order valence-corrected chi connectivity index (χ0v) is 12.1. The standard InChI is InChI=1S/C14H27N3O2/c1-10(2)16-13(18)4-3-5-14(19)17-12-8-6-11(15)7-9-12/h10-12H,3-9,15H2,1-2H3,(H,16,18)(H,17,19). The van der Waals surface area contributed by atoms with Crippen molar-refractivity contribution in [2.75, 3.05) is 0 Å². The van der Waals surface area contributed by atoms with Gasteiger partial charge < -0.3 is 16.4 Å². The largest absolute Gasteiger partial charge is 0.354 e. The molecule has 0 saturated heterocycles. The van der Waals surface area contributed by atoms with Gasteiger partial charge >= 0.3 is 0 Å². The molecule has 1 aliphatic carbocycles. The average Bonchev–Trinajstić information content (AvgIpc) is 2.31. The van der Waals surface area contributed by atoms with Crippen molar-refractivity contribution in [3.05, 3.63) is 0 Å². The van der Waals surface area contributed by atoms with Gasteiger partial charge in [0.2, 0.25) is 11.8 Å². The molecule has 1 rings (SSSR count). The first kappa shape index (κ1) is 16.0. The van der Waals surface area contributed by atoms with Crippen molar-refractivity contribution in [2.45, 2.75) is 76.9 Å². The van der Waals surface area contributed by atoms with Crippen LogP contribution in [-0.4, -0.2) is 29.9 Å². The lowest BCUT2D eigenvalue weighted by Gasteiger charge is -2.26. The molecule has 0 aliphatic heterocycles. The third kappa shape index (κ3) is 7.15. The average molecular weight is 269 g/mol. The molecule has 19 heavy (non-hydrogen) atoms. The predicted octanol–water partition coefficient (Wildman–Crippen LogP) is 1.07. The summed E-state index contributed by atoms with van der Waals surface area (Å²) in [6, 6.07) is 0.734. The van der Waals surface area contributed by atoms with E-state index < -0.39 is 0 Å². The van der Waals surface area contributed by atoms with E-state index in [1.807, 2.05) is 13.8 Å². The highest BCUT2D eigenvalue weighted by molar-refractivity contribution is 5.79. The molecule has 2 amide bonds. The molecular formula is C14H27N3O2. The molecule has 1 aliphatic rings. The van der Waals surface area contributed by atoms with Crippen LogP contribution in [0.3, 0.4) is 0 Å². The van der Waals surface area contributed by atoms with Gasteiger partial charge in [-0.15, -0.1) is 0 Å². The summed E-state index contributed by atoms with van der Waals surface area (Å²) < 4.78 is 0. The molecule has 5 nitrogen and oxygen atoms in total. The number of nitrogens with two attached hydrogens (primary N) is 1. The third-order valence-corrected chi connectivity index (χ3v) is 3.39. The van der Waals surface area contributed by atoms with E-state index in [-0.39, 0.29) is 23.9 Å². The Morgan fingerprint density at radius 3 is 2.26 bits per heavy atom. The number of amides is 2. The van der Waals surface area contributed by atoms with E-state index in [0.717, 1.165) is 25.7 Å². The van der Waals surface area contributed by atoms with Gasteiger partial charge in [-0.05, 0) is 46.0 Å². The van der Waals surface area contributed by atoms with Crippen LogP contribution in [-0.2, 0) is 9.59 Å². The zero-order valence-electron chi connectivity index (χ0n) is 12.1. The van der Waals surface area contributed by atoms with Gasteiger partial charge in [-0.2, -0.15) is 0 Å². The maximum atomic E-state index is 11.7. The monoisotopic (exact) mass is 269 g/mol. The molecule has 110 valence electrons. The number of nitrogens with one attached hydrogen (secondary N) is 2. The Hall–Kier alpha value is -1.10. The summed E-state index contributed by atoms with van der Waals surface area (Å²) in [5.74, 6) is 0.0734. The molecular weight excluding hydrogens is 242 g/mol. The van der Waals surface area contributed by atoms with Gasteiger partial charge in [-0.25, -0.2) is 0 Å². The Morgan fingerprint density at radius 1 is 1.11 bits per heavy atom. The Kier molecular flexibility index (Phi) is 6.84. The molecule has 0 aromatic rings. The number of carbonyl (C=O) groups excluding carboxylic acids is 2. The lowest BCUT2D eigenvalue weighted by molar-refractivity contribution is -0.123. The van der Waals surface area contributed by atoms with Gasteiger partial charge in [0.05, 0.1) is 0 Å². The van der Waals surface area contributed by atoms with Crippen molar-refractivity contribution < 1.29 is 9.59 Å².